The standard InChI is InChI=1S/C18H23NO/c1-3-15(4-2)18(20)19-12-11-14-9-10-16-7-5-6-8-17(16)13-14/h5-10,13,15H,3-4,11-12H2,1-2H3,(H,19,20). The summed E-state index contributed by atoms with van der Waals surface area (Å²) in [5.74, 6) is 0.349. The highest BCUT2D eigenvalue weighted by molar-refractivity contribution is 5.83. The van der Waals surface area contributed by atoms with Gasteiger partial charge < -0.3 is 5.32 Å². The van der Waals surface area contributed by atoms with Crippen LogP contribution in [0, 0.1) is 5.92 Å². The third-order valence-corrected chi connectivity index (χ3v) is 3.88. The van der Waals surface area contributed by atoms with E-state index in [-0.39, 0.29) is 11.8 Å². The Balaban J connectivity index is 1.91. The van der Waals surface area contributed by atoms with Crippen molar-refractivity contribution >= 4 is 16.7 Å². The van der Waals surface area contributed by atoms with Crippen molar-refractivity contribution in [1.82, 2.24) is 5.32 Å². The van der Waals surface area contributed by atoms with Gasteiger partial charge in [-0.25, -0.2) is 0 Å². The van der Waals surface area contributed by atoms with E-state index in [1.54, 1.807) is 0 Å². The molecule has 0 aliphatic carbocycles. The molecule has 0 saturated heterocycles. The maximum absolute atomic E-state index is 11.9. The van der Waals surface area contributed by atoms with Gasteiger partial charge in [-0.3, -0.25) is 4.79 Å². The molecule has 0 aromatic heterocycles. The Morgan fingerprint density at radius 1 is 1.05 bits per heavy atom. The molecule has 0 aliphatic rings. The molecule has 1 amide bonds. The van der Waals surface area contributed by atoms with E-state index >= 15 is 0 Å². The molecule has 2 heteroatoms. The average molecular weight is 269 g/mol. The second kappa shape index (κ2) is 7.09. The number of amides is 1. The Morgan fingerprint density at radius 3 is 2.45 bits per heavy atom. The van der Waals surface area contributed by atoms with Crippen LogP contribution in [0.4, 0.5) is 0 Å². The highest BCUT2D eigenvalue weighted by Gasteiger charge is 2.12. The largest absolute Gasteiger partial charge is 0.356 e. The fraction of sp³-hybridized carbons (Fsp3) is 0.389. The van der Waals surface area contributed by atoms with Crippen LogP contribution in [0.3, 0.4) is 0 Å². The predicted octanol–water partition coefficient (Wildman–Crippen LogP) is 3.93. The van der Waals surface area contributed by atoms with Crippen molar-refractivity contribution in [3.05, 3.63) is 48.0 Å². The molecule has 20 heavy (non-hydrogen) atoms. The molecule has 0 spiro atoms. The zero-order valence-corrected chi connectivity index (χ0v) is 12.4. The molecule has 2 aromatic carbocycles. The van der Waals surface area contributed by atoms with Crippen molar-refractivity contribution in [2.75, 3.05) is 6.54 Å². The predicted molar refractivity (Wildman–Crippen MR) is 84.7 cm³/mol. The van der Waals surface area contributed by atoms with Crippen LogP contribution in [0.2, 0.25) is 0 Å². The summed E-state index contributed by atoms with van der Waals surface area (Å²) in [5.41, 5.74) is 1.27. The number of fused-ring (bicyclic) bond motifs is 1. The van der Waals surface area contributed by atoms with Crippen LogP contribution in [-0.2, 0) is 11.2 Å². The zero-order valence-electron chi connectivity index (χ0n) is 12.4. The van der Waals surface area contributed by atoms with Crippen LogP contribution in [0.1, 0.15) is 32.3 Å². The van der Waals surface area contributed by atoms with Gasteiger partial charge in [0.05, 0.1) is 0 Å². The Morgan fingerprint density at radius 2 is 1.75 bits per heavy atom. The molecule has 2 nitrogen and oxygen atoms in total. The first-order valence-corrected chi connectivity index (χ1v) is 7.50. The molecule has 106 valence electrons. The van der Waals surface area contributed by atoms with Crippen molar-refractivity contribution in [3.8, 4) is 0 Å². The second-order valence-electron chi connectivity index (χ2n) is 5.24. The van der Waals surface area contributed by atoms with E-state index in [0.29, 0.717) is 6.54 Å². The lowest BCUT2D eigenvalue weighted by Crippen LogP contribution is -2.31. The lowest BCUT2D eigenvalue weighted by molar-refractivity contribution is -0.125. The Hall–Kier alpha value is -1.83. The first kappa shape index (κ1) is 14.6. The molecule has 2 aromatic rings. The number of benzene rings is 2. The lowest BCUT2D eigenvalue weighted by Gasteiger charge is -2.12. The van der Waals surface area contributed by atoms with E-state index in [1.807, 2.05) is 0 Å². The van der Waals surface area contributed by atoms with Crippen LogP contribution < -0.4 is 5.32 Å². The molecular formula is C18H23NO. The van der Waals surface area contributed by atoms with Crippen molar-refractivity contribution in [3.63, 3.8) is 0 Å². The highest BCUT2D eigenvalue weighted by Crippen LogP contribution is 2.15. The Labute approximate surface area is 121 Å². The van der Waals surface area contributed by atoms with E-state index < -0.39 is 0 Å². The molecule has 0 bridgehead atoms. The maximum atomic E-state index is 11.9. The van der Waals surface area contributed by atoms with E-state index in [1.165, 1.54) is 16.3 Å². The first-order valence-electron chi connectivity index (χ1n) is 7.50. The summed E-state index contributed by atoms with van der Waals surface area (Å²) < 4.78 is 0. The zero-order chi connectivity index (χ0) is 14.4. The van der Waals surface area contributed by atoms with Gasteiger partial charge in [-0.15, -0.1) is 0 Å². The molecular weight excluding hydrogens is 246 g/mol. The topological polar surface area (TPSA) is 29.1 Å². The SMILES string of the molecule is CCC(CC)C(=O)NCCc1ccc2ccccc2c1. The quantitative estimate of drug-likeness (QED) is 0.845. The summed E-state index contributed by atoms with van der Waals surface area (Å²) in [6, 6.07) is 14.9. The minimum absolute atomic E-state index is 0.159. The summed E-state index contributed by atoms with van der Waals surface area (Å²) in [6.45, 7) is 4.85. The van der Waals surface area contributed by atoms with Crippen LogP contribution in [0.25, 0.3) is 10.8 Å². The fourth-order valence-electron chi connectivity index (χ4n) is 2.53. The fourth-order valence-corrected chi connectivity index (χ4v) is 2.53. The number of carbonyl (C=O) groups excluding carboxylic acids is 1. The van der Waals surface area contributed by atoms with Crippen molar-refractivity contribution in [2.24, 2.45) is 5.92 Å². The van der Waals surface area contributed by atoms with Gasteiger partial charge in [-0.05, 0) is 35.6 Å². The molecule has 0 fully saturated rings. The number of hydrogen-bond acceptors (Lipinski definition) is 1. The minimum Gasteiger partial charge on any atom is -0.356 e. The van der Waals surface area contributed by atoms with Gasteiger partial charge in [0.2, 0.25) is 5.91 Å². The van der Waals surface area contributed by atoms with Gasteiger partial charge in [-0.2, -0.15) is 0 Å². The van der Waals surface area contributed by atoms with Gasteiger partial charge in [0.25, 0.3) is 0 Å². The van der Waals surface area contributed by atoms with Crippen molar-refractivity contribution in [1.29, 1.82) is 0 Å². The average Bonchev–Trinajstić information content (AvgIpc) is 2.48. The first-order chi connectivity index (χ1) is 9.74. The summed E-state index contributed by atoms with van der Waals surface area (Å²) in [7, 11) is 0. The van der Waals surface area contributed by atoms with E-state index in [4.69, 9.17) is 0 Å². The van der Waals surface area contributed by atoms with Gasteiger partial charge >= 0.3 is 0 Å². The smallest absolute Gasteiger partial charge is 0.223 e. The van der Waals surface area contributed by atoms with E-state index in [0.717, 1.165) is 19.3 Å². The molecule has 0 unspecified atom stereocenters. The van der Waals surface area contributed by atoms with Gasteiger partial charge in [0.15, 0.2) is 0 Å². The van der Waals surface area contributed by atoms with Crippen LogP contribution >= 0.6 is 0 Å². The van der Waals surface area contributed by atoms with Gasteiger partial charge in [0, 0.05) is 12.5 Å². The molecule has 2 rings (SSSR count). The number of hydrogen-bond donors (Lipinski definition) is 1. The summed E-state index contributed by atoms with van der Waals surface area (Å²) in [5, 5.41) is 5.56. The highest BCUT2D eigenvalue weighted by atomic mass is 16.1. The summed E-state index contributed by atoms with van der Waals surface area (Å²) in [6.07, 6.45) is 2.72. The Bertz CT molecular complexity index is 572. The number of carbonyl (C=O) groups is 1. The monoisotopic (exact) mass is 269 g/mol. The molecule has 1 N–H and O–H groups in total. The summed E-state index contributed by atoms with van der Waals surface area (Å²) in [4.78, 5) is 11.9. The molecule has 0 radical (unpaired) electrons. The van der Waals surface area contributed by atoms with E-state index in [2.05, 4.69) is 61.6 Å². The third kappa shape index (κ3) is 3.60. The molecule has 0 heterocycles. The van der Waals surface area contributed by atoms with Gasteiger partial charge in [-0.1, -0.05) is 56.3 Å². The van der Waals surface area contributed by atoms with Crippen LogP contribution in [0.5, 0.6) is 0 Å². The Kier molecular flexibility index (Phi) is 5.16. The maximum Gasteiger partial charge on any atom is 0.223 e. The van der Waals surface area contributed by atoms with Crippen LogP contribution in [-0.4, -0.2) is 12.5 Å². The number of nitrogens with one attached hydrogen (secondary N) is 1. The van der Waals surface area contributed by atoms with Crippen molar-refractivity contribution < 1.29 is 4.79 Å². The normalized spacial score (nSPS) is 10.9. The van der Waals surface area contributed by atoms with Crippen LogP contribution in [0.15, 0.2) is 42.5 Å². The number of rotatable bonds is 6. The van der Waals surface area contributed by atoms with Gasteiger partial charge in [0.1, 0.15) is 0 Å². The molecule has 0 atom stereocenters. The van der Waals surface area contributed by atoms with Crippen molar-refractivity contribution in [2.45, 2.75) is 33.1 Å². The molecule has 0 aliphatic heterocycles. The van der Waals surface area contributed by atoms with E-state index in [9.17, 15) is 4.79 Å². The molecule has 0 saturated carbocycles. The second-order valence-corrected chi connectivity index (χ2v) is 5.24. The lowest BCUT2D eigenvalue weighted by atomic mass is 10.0. The third-order valence-electron chi connectivity index (χ3n) is 3.88. The minimum atomic E-state index is 0.159. The summed E-state index contributed by atoms with van der Waals surface area (Å²) >= 11 is 0.